The molecular weight excluding hydrogens is 403 g/mol. The molecule has 0 spiro atoms. The monoisotopic (exact) mass is 426 g/mol. The van der Waals surface area contributed by atoms with Gasteiger partial charge in [-0.15, -0.1) is 0 Å². The minimum Gasteiger partial charge on any atom is -0.456 e. The van der Waals surface area contributed by atoms with Crippen LogP contribution < -0.4 is 20.3 Å². The molecule has 6 nitrogen and oxygen atoms in total. The van der Waals surface area contributed by atoms with E-state index in [1.54, 1.807) is 39.4 Å². The van der Waals surface area contributed by atoms with Crippen LogP contribution in [-0.4, -0.2) is 16.8 Å². The van der Waals surface area contributed by atoms with Crippen LogP contribution in [0.25, 0.3) is 11.3 Å². The number of halogens is 1. The minimum absolute atomic E-state index is 0.236. The second-order valence-corrected chi connectivity index (χ2v) is 7.43. The number of hydrogen-bond acceptors (Lipinski definition) is 6. The van der Waals surface area contributed by atoms with Crippen molar-refractivity contribution < 1.29 is 9.13 Å². The Morgan fingerprint density at radius 3 is 2.53 bits per heavy atom. The van der Waals surface area contributed by atoms with Crippen molar-refractivity contribution in [1.82, 2.24) is 9.78 Å². The van der Waals surface area contributed by atoms with Gasteiger partial charge < -0.3 is 14.8 Å². The van der Waals surface area contributed by atoms with E-state index in [1.807, 2.05) is 18.2 Å². The molecule has 0 fully saturated rings. The van der Waals surface area contributed by atoms with E-state index in [-0.39, 0.29) is 11.4 Å². The Morgan fingerprint density at radius 2 is 1.90 bits per heavy atom. The maximum Gasteiger partial charge on any atom is 0.289 e. The summed E-state index contributed by atoms with van der Waals surface area (Å²) in [7, 11) is 3.27. The first-order valence-electron chi connectivity index (χ1n) is 9.22. The molecule has 3 aromatic rings. The van der Waals surface area contributed by atoms with Crippen molar-refractivity contribution in [2.45, 2.75) is 13.8 Å². The van der Waals surface area contributed by atoms with Crippen LogP contribution >= 0.6 is 11.9 Å². The molecule has 0 aliphatic rings. The molecule has 0 aliphatic heterocycles. The summed E-state index contributed by atoms with van der Waals surface area (Å²) in [5.41, 5.74) is 3.49. The topological polar surface area (TPSA) is 68.2 Å². The summed E-state index contributed by atoms with van der Waals surface area (Å²) in [4.78, 5) is 12.3. The van der Waals surface area contributed by atoms with Crippen LogP contribution in [0.4, 0.5) is 15.8 Å². The Morgan fingerprint density at radius 1 is 1.20 bits per heavy atom. The molecule has 0 aliphatic carbocycles. The largest absolute Gasteiger partial charge is 0.456 e. The van der Waals surface area contributed by atoms with Crippen LogP contribution in [0.5, 0.6) is 11.5 Å². The summed E-state index contributed by atoms with van der Waals surface area (Å²) in [6, 6.07) is 10.1. The second-order valence-electron chi connectivity index (χ2n) is 6.66. The minimum atomic E-state index is -0.311. The summed E-state index contributed by atoms with van der Waals surface area (Å²) in [5, 5.41) is 9.00. The van der Waals surface area contributed by atoms with Crippen LogP contribution in [0.3, 0.4) is 0 Å². The van der Waals surface area contributed by atoms with E-state index in [0.29, 0.717) is 39.6 Å². The van der Waals surface area contributed by atoms with Gasteiger partial charge in [-0.2, -0.15) is 5.10 Å². The number of hydrogen-bond donors (Lipinski definition) is 2. The van der Waals surface area contributed by atoms with Crippen molar-refractivity contribution in [2.75, 3.05) is 17.1 Å². The summed E-state index contributed by atoms with van der Waals surface area (Å²) < 4.78 is 24.5. The van der Waals surface area contributed by atoms with Crippen molar-refractivity contribution in [1.29, 1.82) is 0 Å². The lowest BCUT2D eigenvalue weighted by molar-refractivity contribution is 0.474. The predicted octanol–water partition coefficient (Wildman–Crippen LogP) is 5.24. The number of ether oxygens (including phenoxy) is 1. The van der Waals surface area contributed by atoms with Gasteiger partial charge in [-0.1, -0.05) is 12.6 Å². The molecule has 0 saturated carbocycles. The molecule has 0 amide bonds. The van der Waals surface area contributed by atoms with E-state index in [4.69, 9.17) is 4.74 Å². The van der Waals surface area contributed by atoms with E-state index in [1.165, 1.54) is 28.8 Å². The summed E-state index contributed by atoms with van der Waals surface area (Å²) >= 11 is 1.31. The molecule has 30 heavy (non-hydrogen) atoms. The van der Waals surface area contributed by atoms with Crippen molar-refractivity contribution in [3.05, 3.63) is 75.7 Å². The Labute approximate surface area is 178 Å². The third-order valence-corrected chi connectivity index (χ3v) is 5.01. The van der Waals surface area contributed by atoms with Gasteiger partial charge in [-0.25, -0.2) is 9.07 Å². The van der Waals surface area contributed by atoms with Gasteiger partial charge in [0.05, 0.1) is 16.9 Å². The first-order valence-corrected chi connectivity index (χ1v) is 10.1. The number of nitrogens with one attached hydrogen (secondary N) is 2. The van der Waals surface area contributed by atoms with E-state index < -0.39 is 0 Å². The summed E-state index contributed by atoms with van der Waals surface area (Å²) in [6.45, 7) is 7.31. The van der Waals surface area contributed by atoms with E-state index in [9.17, 15) is 9.18 Å². The highest BCUT2D eigenvalue weighted by atomic mass is 32.2. The van der Waals surface area contributed by atoms with Gasteiger partial charge in [0.25, 0.3) is 5.56 Å². The second kappa shape index (κ2) is 9.04. The van der Waals surface area contributed by atoms with Gasteiger partial charge in [-0.05, 0) is 72.7 Å². The highest BCUT2D eigenvalue weighted by Gasteiger charge is 2.18. The normalized spacial score (nSPS) is 10.6. The van der Waals surface area contributed by atoms with Crippen molar-refractivity contribution in [3.63, 3.8) is 0 Å². The van der Waals surface area contributed by atoms with Crippen LogP contribution in [0.2, 0.25) is 0 Å². The maximum absolute atomic E-state index is 13.7. The fourth-order valence-corrected chi connectivity index (χ4v) is 3.53. The highest BCUT2D eigenvalue weighted by molar-refractivity contribution is 8.03. The number of rotatable bonds is 7. The molecular formula is C22H23FN4O2S. The molecule has 1 heterocycles. The van der Waals surface area contributed by atoms with E-state index in [2.05, 4.69) is 21.7 Å². The Kier molecular flexibility index (Phi) is 6.47. The lowest BCUT2D eigenvalue weighted by atomic mass is 10.1. The van der Waals surface area contributed by atoms with E-state index >= 15 is 0 Å². The highest BCUT2D eigenvalue weighted by Crippen LogP contribution is 2.41. The zero-order valence-electron chi connectivity index (χ0n) is 17.2. The van der Waals surface area contributed by atoms with Gasteiger partial charge in [-0.3, -0.25) is 4.79 Å². The standard InChI is InChI=1S/C22H23FN4O2S/c1-6-30-26-16-8-7-9-19(29-21-13(2)10-15(23)11-14(21)3)20(16)17-12-18(24-4)22(28)27(5)25-17/h6-12,24,26H,1H2,2-5H3. The molecule has 2 aromatic carbocycles. The zero-order valence-corrected chi connectivity index (χ0v) is 18.1. The van der Waals surface area contributed by atoms with Gasteiger partial charge in [0.1, 0.15) is 23.0 Å². The SMILES string of the molecule is C=CSNc1cccc(Oc2c(C)cc(F)cc2C)c1-c1cc(NC)c(=O)n(C)n1. The summed E-state index contributed by atoms with van der Waals surface area (Å²) in [5.74, 6) is 0.786. The van der Waals surface area contributed by atoms with Gasteiger partial charge >= 0.3 is 0 Å². The number of nitrogens with zero attached hydrogens (tertiary/aromatic N) is 2. The first-order chi connectivity index (χ1) is 14.3. The molecule has 3 rings (SSSR count). The third kappa shape index (κ3) is 4.33. The van der Waals surface area contributed by atoms with Crippen LogP contribution in [0.15, 0.2) is 53.2 Å². The number of benzene rings is 2. The van der Waals surface area contributed by atoms with Crippen LogP contribution in [-0.2, 0) is 7.05 Å². The smallest absolute Gasteiger partial charge is 0.289 e. The van der Waals surface area contributed by atoms with Gasteiger partial charge in [0.15, 0.2) is 0 Å². The van der Waals surface area contributed by atoms with Gasteiger partial charge in [0, 0.05) is 14.1 Å². The molecule has 0 unspecified atom stereocenters. The van der Waals surface area contributed by atoms with Crippen LogP contribution in [0, 0.1) is 19.7 Å². The average Bonchev–Trinajstić information content (AvgIpc) is 2.71. The Balaban J connectivity index is 2.22. The third-order valence-electron chi connectivity index (χ3n) is 4.50. The molecule has 156 valence electrons. The fourth-order valence-electron chi connectivity index (χ4n) is 3.15. The van der Waals surface area contributed by atoms with Crippen molar-refractivity contribution in [3.8, 4) is 22.8 Å². The maximum atomic E-state index is 13.7. The number of aryl methyl sites for hydroxylation is 3. The molecule has 1 aromatic heterocycles. The fraction of sp³-hybridized carbons (Fsp3) is 0.182. The Hall–Kier alpha value is -3.26. The molecule has 8 heteroatoms. The lowest BCUT2D eigenvalue weighted by Gasteiger charge is -2.18. The molecule has 0 radical (unpaired) electrons. The Bertz CT molecular complexity index is 1140. The lowest BCUT2D eigenvalue weighted by Crippen LogP contribution is -2.22. The molecule has 0 saturated heterocycles. The van der Waals surface area contributed by atoms with Crippen molar-refractivity contribution in [2.24, 2.45) is 7.05 Å². The van der Waals surface area contributed by atoms with E-state index in [0.717, 1.165) is 5.69 Å². The predicted molar refractivity (Wildman–Crippen MR) is 122 cm³/mol. The molecule has 2 N–H and O–H groups in total. The zero-order chi connectivity index (χ0) is 21.8. The molecule has 0 atom stereocenters. The van der Waals surface area contributed by atoms with Gasteiger partial charge in [0.2, 0.25) is 0 Å². The first kappa shape index (κ1) is 21.4. The van der Waals surface area contributed by atoms with Crippen LogP contribution in [0.1, 0.15) is 11.1 Å². The quantitative estimate of drug-likeness (QED) is 0.504. The average molecular weight is 427 g/mol. The molecule has 0 bridgehead atoms. The summed E-state index contributed by atoms with van der Waals surface area (Å²) in [6.07, 6.45) is 0. The number of aromatic nitrogens is 2. The van der Waals surface area contributed by atoms with Crippen molar-refractivity contribution >= 4 is 23.3 Å². The number of anilines is 2.